The molecule has 0 spiro atoms. The maximum Gasteiger partial charge on any atom is 0.270 e. The van der Waals surface area contributed by atoms with Gasteiger partial charge in [-0.05, 0) is 37.3 Å². The maximum atomic E-state index is 12.7. The van der Waals surface area contributed by atoms with Crippen molar-refractivity contribution in [2.45, 2.75) is 18.4 Å². The summed E-state index contributed by atoms with van der Waals surface area (Å²) in [7, 11) is -2.65. The van der Waals surface area contributed by atoms with Crippen molar-refractivity contribution in [2.24, 2.45) is 0 Å². The third-order valence-electron chi connectivity index (χ3n) is 3.99. The molecule has 11 heteroatoms. The number of nitrogens with zero attached hydrogens (tertiary/aromatic N) is 4. The lowest BCUT2D eigenvalue weighted by Crippen LogP contribution is -2.26. The molecule has 0 amide bonds. The Kier molecular flexibility index (Phi) is 5.89. The molecule has 0 fully saturated rings. The number of ether oxygens (including phenoxy) is 1. The lowest BCUT2D eigenvalue weighted by molar-refractivity contribution is -0.385. The molecule has 3 rings (SSSR count). The molecular weight excluding hydrogens is 400 g/mol. The Balaban J connectivity index is 1.76. The van der Waals surface area contributed by atoms with E-state index in [1.807, 2.05) is 6.92 Å². The van der Waals surface area contributed by atoms with Crippen LogP contribution in [0.1, 0.15) is 12.8 Å². The van der Waals surface area contributed by atoms with Crippen LogP contribution in [0.5, 0.6) is 5.75 Å². The smallest absolute Gasteiger partial charge is 0.270 e. The average molecular weight is 418 g/mol. The number of hydrogen-bond donors (Lipinski definition) is 0. The number of aromatic nitrogens is 2. The zero-order valence-corrected chi connectivity index (χ0v) is 16.5. The Hall–Kier alpha value is -3.31. The number of benzene rings is 2. The molecule has 0 aliphatic rings. The third kappa shape index (κ3) is 4.58. The summed E-state index contributed by atoms with van der Waals surface area (Å²) in [6.45, 7) is 2.25. The quantitative estimate of drug-likeness (QED) is 0.403. The molecule has 1 heterocycles. The highest BCUT2D eigenvalue weighted by Gasteiger charge is 2.25. The van der Waals surface area contributed by atoms with Crippen LogP contribution >= 0.6 is 0 Å². The van der Waals surface area contributed by atoms with Crippen LogP contribution in [0.3, 0.4) is 0 Å². The van der Waals surface area contributed by atoms with Gasteiger partial charge in [0.05, 0.1) is 23.0 Å². The van der Waals surface area contributed by atoms with E-state index in [1.54, 1.807) is 24.3 Å². The van der Waals surface area contributed by atoms with Crippen LogP contribution in [0.2, 0.25) is 0 Å². The molecule has 0 bridgehead atoms. The monoisotopic (exact) mass is 418 g/mol. The summed E-state index contributed by atoms with van der Waals surface area (Å²) in [6, 6.07) is 11.9. The Morgan fingerprint density at radius 1 is 1.21 bits per heavy atom. The van der Waals surface area contributed by atoms with Gasteiger partial charge in [-0.2, -0.15) is 9.29 Å². The predicted molar refractivity (Wildman–Crippen MR) is 103 cm³/mol. The fraction of sp³-hybridized carbons (Fsp3) is 0.222. The molecule has 0 aliphatic carbocycles. The minimum absolute atomic E-state index is 0.0883. The second kappa shape index (κ2) is 8.37. The van der Waals surface area contributed by atoms with E-state index in [-0.39, 0.29) is 23.0 Å². The van der Waals surface area contributed by atoms with E-state index in [0.29, 0.717) is 23.7 Å². The van der Waals surface area contributed by atoms with Crippen molar-refractivity contribution in [1.82, 2.24) is 14.4 Å². The van der Waals surface area contributed by atoms with Crippen molar-refractivity contribution in [2.75, 3.05) is 13.7 Å². The van der Waals surface area contributed by atoms with E-state index in [1.165, 1.54) is 25.2 Å². The Morgan fingerprint density at radius 2 is 1.93 bits per heavy atom. The van der Waals surface area contributed by atoms with Gasteiger partial charge in [0.25, 0.3) is 5.69 Å². The fourth-order valence-electron chi connectivity index (χ4n) is 2.52. The van der Waals surface area contributed by atoms with E-state index in [9.17, 15) is 18.5 Å². The minimum Gasteiger partial charge on any atom is -0.494 e. The zero-order chi connectivity index (χ0) is 21.0. The van der Waals surface area contributed by atoms with Gasteiger partial charge in [0.2, 0.25) is 21.7 Å². The maximum absolute atomic E-state index is 12.7. The number of sulfonamides is 1. The van der Waals surface area contributed by atoms with Gasteiger partial charge in [0, 0.05) is 24.7 Å². The molecule has 0 N–H and O–H groups in total. The second-order valence-corrected chi connectivity index (χ2v) is 8.03. The molecule has 2 aromatic carbocycles. The molecule has 0 unspecified atom stereocenters. The summed E-state index contributed by atoms with van der Waals surface area (Å²) < 4.78 is 36.9. The Labute approximate surface area is 166 Å². The third-order valence-corrected chi connectivity index (χ3v) is 5.79. The highest BCUT2D eigenvalue weighted by molar-refractivity contribution is 7.89. The zero-order valence-electron chi connectivity index (χ0n) is 15.7. The SMILES string of the molecule is CCOc1ccc(-c2noc(CN(C)S(=O)(=O)c3cccc([N+](=O)[O-])c3)n2)cc1. The molecule has 0 aliphatic heterocycles. The van der Waals surface area contributed by atoms with Crippen LogP contribution in [-0.4, -0.2) is 41.4 Å². The minimum atomic E-state index is -3.98. The van der Waals surface area contributed by atoms with Crippen molar-refractivity contribution in [3.63, 3.8) is 0 Å². The largest absolute Gasteiger partial charge is 0.494 e. The Bertz CT molecular complexity index is 1110. The van der Waals surface area contributed by atoms with Gasteiger partial charge >= 0.3 is 0 Å². The molecule has 1 aromatic heterocycles. The molecule has 29 heavy (non-hydrogen) atoms. The molecule has 0 saturated carbocycles. The summed E-state index contributed by atoms with van der Waals surface area (Å²) in [6.07, 6.45) is 0. The number of rotatable bonds is 8. The molecule has 152 valence electrons. The van der Waals surface area contributed by atoms with Crippen LogP contribution in [0.4, 0.5) is 5.69 Å². The molecule has 3 aromatic rings. The van der Waals surface area contributed by atoms with Crippen LogP contribution in [0.15, 0.2) is 57.9 Å². The topological polar surface area (TPSA) is 129 Å². The van der Waals surface area contributed by atoms with Gasteiger partial charge in [-0.25, -0.2) is 8.42 Å². The van der Waals surface area contributed by atoms with E-state index >= 15 is 0 Å². The highest BCUT2D eigenvalue weighted by Crippen LogP contribution is 2.23. The molecule has 0 atom stereocenters. The predicted octanol–water partition coefficient (Wildman–Crippen LogP) is 2.86. The van der Waals surface area contributed by atoms with Gasteiger partial charge in [0.15, 0.2) is 0 Å². The first-order valence-electron chi connectivity index (χ1n) is 8.58. The van der Waals surface area contributed by atoms with Crippen LogP contribution in [0.25, 0.3) is 11.4 Å². The summed E-state index contributed by atoms with van der Waals surface area (Å²) in [4.78, 5) is 14.3. The van der Waals surface area contributed by atoms with E-state index in [0.717, 1.165) is 10.4 Å². The van der Waals surface area contributed by atoms with Crippen molar-refractivity contribution in [1.29, 1.82) is 0 Å². The van der Waals surface area contributed by atoms with Gasteiger partial charge < -0.3 is 9.26 Å². The van der Waals surface area contributed by atoms with E-state index in [2.05, 4.69) is 10.1 Å². The lowest BCUT2D eigenvalue weighted by atomic mass is 10.2. The normalized spacial score (nSPS) is 11.6. The van der Waals surface area contributed by atoms with Crippen LogP contribution in [-0.2, 0) is 16.6 Å². The summed E-state index contributed by atoms with van der Waals surface area (Å²) in [5.74, 6) is 1.11. The lowest BCUT2D eigenvalue weighted by Gasteiger charge is -2.14. The molecule has 10 nitrogen and oxygen atoms in total. The number of hydrogen-bond acceptors (Lipinski definition) is 8. The van der Waals surface area contributed by atoms with Crippen LogP contribution < -0.4 is 4.74 Å². The number of nitro groups is 1. The second-order valence-electron chi connectivity index (χ2n) is 5.98. The fourth-order valence-corrected chi connectivity index (χ4v) is 3.68. The van der Waals surface area contributed by atoms with E-state index in [4.69, 9.17) is 9.26 Å². The molecular formula is C18H18N4O6S. The first-order valence-corrected chi connectivity index (χ1v) is 10.0. The number of non-ortho nitro benzene ring substituents is 1. The van der Waals surface area contributed by atoms with E-state index < -0.39 is 14.9 Å². The first-order chi connectivity index (χ1) is 13.8. The number of nitro benzene ring substituents is 1. The Morgan fingerprint density at radius 3 is 2.59 bits per heavy atom. The average Bonchev–Trinajstić information content (AvgIpc) is 3.17. The van der Waals surface area contributed by atoms with Gasteiger partial charge in [-0.15, -0.1) is 0 Å². The van der Waals surface area contributed by atoms with Gasteiger partial charge in [-0.3, -0.25) is 10.1 Å². The van der Waals surface area contributed by atoms with Crippen molar-refractivity contribution >= 4 is 15.7 Å². The summed E-state index contributed by atoms with van der Waals surface area (Å²) in [5, 5.41) is 14.8. The van der Waals surface area contributed by atoms with Gasteiger partial charge in [0.1, 0.15) is 5.75 Å². The molecule has 0 radical (unpaired) electrons. The first kappa shape index (κ1) is 20.4. The standard InChI is InChI=1S/C18H18N4O6S/c1-3-27-15-9-7-13(8-10-15)18-19-17(28-20-18)12-21(2)29(25,26)16-6-4-5-14(11-16)22(23)24/h4-11H,3,12H2,1-2H3. The van der Waals surface area contributed by atoms with Crippen LogP contribution in [0, 0.1) is 10.1 Å². The van der Waals surface area contributed by atoms with Gasteiger partial charge in [-0.1, -0.05) is 11.2 Å². The molecule has 0 saturated heterocycles. The summed E-state index contributed by atoms with van der Waals surface area (Å²) >= 11 is 0. The highest BCUT2D eigenvalue weighted by atomic mass is 32.2. The van der Waals surface area contributed by atoms with Crippen molar-refractivity contribution in [3.8, 4) is 17.1 Å². The van der Waals surface area contributed by atoms with Crippen molar-refractivity contribution < 1.29 is 22.6 Å². The summed E-state index contributed by atoms with van der Waals surface area (Å²) in [5.41, 5.74) is 0.377. The van der Waals surface area contributed by atoms with Crippen molar-refractivity contribution in [3.05, 3.63) is 64.5 Å².